The molecule has 0 bridgehead atoms. The summed E-state index contributed by atoms with van der Waals surface area (Å²) in [6.07, 6.45) is -3.14. The Kier molecular flexibility index (Phi) is 7.63. The summed E-state index contributed by atoms with van der Waals surface area (Å²) in [5, 5.41) is 51.5. The first-order chi connectivity index (χ1) is 17.4. The van der Waals surface area contributed by atoms with Crippen LogP contribution in [0.2, 0.25) is 0 Å². The van der Waals surface area contributed by atoms with E-state index < -0.39 is 60.1 Å². The number of esters is 1. The van der Waals surface area contributed by atoms with Gasteiger partial charge in [-0.25, -0.2) is 4.79 Å². The molecule has 2 aliphatic rings. The van der Waals surface area contributed by atoms with Crippen LogP contribution < -0.4 is 10.2 Å². The minimum absolute atomic E-state index is 0.0219. The zero-order chi connectivity index (χ0) is 27.1. The number of aliphatic hydroxyl groups is 4. The number of phenols is 1. The first kappa shape index (κ1) is 27.1. The zero-order valence-corrected chi connectivity index (χ0v) is 20.8. The summed E-state index contributed by atoms with van der Waals surface area (Å²) < 4.78 is 21.9. The highest BCUT2D eigenvalue weighted by atomic mass is 16.7. The third-order valence-corrected chi connectivity index (χ3v) is 6.97. The predicted octanol–water partition coefficient (Wildman–Crippen LogP) is 1.03. The molecule has 1 fully saturated rings. The highest BCUT2D eigenvalue weighted by Crippen LogP contribution is 2.33. The molecule has 6 unspecified atom stereocenters. The van der Waals surface area contributed by atoms with Crippen molar-refractivity contribution in [1.82, 2.24) is 0 Å². The normalized spacial score (nSPS) is 28.6. The minimum atomic E-state index is -1.68. The van der Waals surface area contributed by atoms with E-state index in [1.807, 2.05) is 0 Å². The first-order valence-corrected chi connectivity index (χ1v) is 12.1. The number of benzene rings is 1. The number of ether oxygens (including phenoxy) is 3. The van der Waals surface area contributed by atoms with E-state index in [-0.39, 0.29) is 22.6 Å². The number of hydrogen-bond donors (Lipinski definition) is 5. The number of carbonyl (C=O) groups is 1. The number of aromatic hydroxyl groups is 1. The fourth-order valence-electron chi connectivity index (χ4n) is 4.57. The SMILES string of the molecule is Cc1coc2cc(OC3OC(COC(=O)C4=CCC(C(C)(C)O)CC4)C(O)C(O)C3O)cc(O)c2c1=O. The van der Waals surface area contributed by atoms with Gasteiger partial charge in [-0.05, 0) is 46.0 Å². The van der Waals surface area contributed by atoms with Crippen molar-refractivity contribution in [3.05, 3.63) is 45.8 Å². The van der Waals surface area contributed by atoms with E-state index in [4.69, 9.17) is 18.6 Å². The van der Waals surface area contributed by atoms with Crippen LogP contribution in [-0.2, 0) is 14.3 Å². The van der Waals surface area contributed by atoms with E-state index in [2.05, 4.69) is 0 Å². The summed E-state index contributed by atoms with van der Waals surface area (Å²) >= 11 is 0. The van der Waals surface area contributed by atoms with Gasteiger partial charge in [-0.3, -0.25) is 4.79 Å². The maximum Gasteiger partial charge on any atom is 0.333 e. The molecule has 202 valence electrons. The lowest BCUT2D eigenvalue weighted by molar-refractivity contribution is -0.278. The largest absolute Gasteiger partial charge is 0.507 e. The molecule has 6 atom stereocenters. The molecule has 11 heteroatoms. The number of rotatable bonds is 6. The second kappa shape index (κ2) is 10.4. The van der Waals surface area contributed by atoms with Crippen molar-refractivity contribution < 1.29 is 49.0 Å². The maximum absolute atomic E-state index is 12.5. The Hall–Kier alpha value is -2.96. The van der Waals surface area contributed by atoms with E-state index in [0.29, 0.717) is 30.4 Å². The molecule has 1 aromatic heterocycles. The number of carbonyl (C=O) groups excluding carboxylic acids is 1. The molecule has 4 rings (SSSR count). The molecule has 0 amide bonds. The lowest BCUT2D eigenvalue weighted by Crippen LogP contribution is -2.60. The summed E-state index contributed by atoms with van der Waals surface area (Å²) in [4.78, 5) is 24.8. The van der Waals surface area contributed by atoms with Crippen LogP contribution in [0.1, 0.15) is 38.7 Å². The van der Waals surface area contributed by atoms with Gasteiger partial charge in [-0.1, -0.05) is 6.08 Å². The van der Waals surface area contributed by atoms with Gasteiger partial charge >= 0.3 is 5.97 Å². The van der Waals surface area contributed by atoms with E-state index in [1.54, 1.807) is 26.8 Å². The summed E-state index contributed by atoms with van der Waals surface area (Å²) in [6, 6.07) is 2.45. The van der Waals surface area contributed by atoms with Crippen molar-refractivity contribution in [3.8, 4) is 11.5 Å². The highest BCUT2D eigenvalue weighted by molar-refractivity contribution is 5.88. The van der Waals surface area contributed by atoms with E-state index in [0.717, 1.165) is 6.07 Å². The Labute approximate surface area is 212 Å². The van der Waals surface area contributed by atoms with Crippen LogP contribution in [0.4, 0.5) is 0 Å². The van der Waals surface area contributed by atoms with Crippen LogP contribution in [0.3, 0.4) is 0 Å². The molecule has 37 heavy (non-hydrogen) atoms. The molecule has 5 N–H and O–H groups in total. The number of phenolic OH excluding ortho intramolecular Hbond substituents is 1. The molecule has 1 aliphatic heterocycles. The third kappa shape index (κ3) is 5.65. The molecular formula is C26H32O11. The molecule has 1 aromatic carbocycles. The van der Waals surface area contributed by atoms with Crippen molar-refractivity contribution in [2.75, 3.05) is 6.61 Å². The monoisotopic (exact) mass is 520 g/mol. The second-order valence-electron chi connectivity index (χ2n) is 10.1. The van der Waals surface area contributed by atoms with Crippen LogP contribution in [-0.4, -0.2) is 74.4 Å². The lowest BCUT2D eigenvalue weighted by atomic mass is 9.79. The molecule has 0 saturated carbocycles. The Balaban J connectivity index is 1.43. The molecule has 2 heterocycles. The van der Waals surface area contributed by atoms with Crippen molar-refractivity contribution in [2.45, 2.75) is 76.3 Å². The average molecular weight is 521 g/mol. The standard InChI is InChI=1S/C26H32O11/c1-12-10-34-17-9-15(8-16(27)19(17)20(12)28)36-25-23(31)22(30)21(29)18(37-25)11-35-24(32)13-4-6-14(7-5-13)26(2,3)33/h4,8-10,14,18,21-23,25,27,29-31,33H,5-7,11H2,1-3H3. The van der Waals surface area contributed by atoms with Gasteiger partial charge in [-0.15, -0.1) is 0 Å². The molecule has 1 saturated heterocycles. The fraction of sp³-hybridized carbons (Fsp3) is 0.538. The Morgan fingerprint density at radius 2 is 1.89 bits per heavy atom. The second-order valence-corrected chi connectivity index (χ2v) is 10.1. The van der Waals surface area contributed by atoms with Gasteiger partial charge in [0, 0.05) is 23.3 Å². The molecule has 0 radical (unpaired) electrons. The van der Waals surface area contributed by atoms with Gasteiger partial charge in [0.05, 0.1) is 11.9 Å². The minimum Gasteiger partial charge on any atom is -0.507 e. The third-order valence-electron chi connectivity index (χ3n) is 6.97. The molecule has 2 aromatic rings. The summed E-state index contributed by atoms with van der Waals surface area (Å²) in [6.45, 7) is 4.57. The fourth-order valence-corrected chi connectivity index (χ4v) is 4.57. The van der Waals surface area contributed by atoms with Crippen molar-refractivity contribution in [1.29, 1.82) is 0 Å². The van der Waals surface area contributed by atoms with Crippen LogP contribution in [0.25, 0.3) is 11.0 Å². The van der Waals surface area contributed by atoms with Crippen LogP contribution in [0.5, 0.6) is 11.5 Å². The first-order valence-electron chi connectivity index (χ1n) is 12.1. The number of aliphatic hydroxyl groups excluding tert-OH is 3. The quantitative estimate of drug-likeness (QED) is 0.344. The number of allylic oxidation sites excluding steroid dienone is 1. The lowest BCUT2D eigenvalue weighted by Gasteiger charge is -2.40. The Bertz CT molecular complexity index is 1240. The van der Waals surface area contributed by atoms with Crippen LogP contribution in [0, 0.1) is 12.8 Å². The average Bonchev–Trinajstić information content (AvgIpc) is 2.85. The summed E-state index contributed by atoms with van der Waals surface area (Å²) in [5.41, 5.74) is -0.483. The highest BCUT2D eigenvalue weighted by Gasteiger charge is 2.45. The van der Waals surface area contributed by atoms with Crippen molar-refractivity contribution in [3.63, 3.8) is 0 Å². The predicted molar refractivity (Wildman–Crippen MR) is 129 cm³/mol. The van der Waals surface area contributed by atoms with E-state index in [9.17, 15) is 35.1 Å². The Morgan fingerprint density at radius 1 is 1.16 bits per heavy atom. The Morgan fingerprint density at radius 3 is 2.54 bits per heavy atom. The van der Waals surface area contributed by atoms with Crippen LogP contribution in [0.15, 0.2) is 39.3 Å². The molecular weight excluding hydrogens is 488 g/mol. The summed E-state index contributed by atoms with van der Waals surface area (Å²) in [7, 11) is 0. The summed E-state index contributed by atoms with van der Waals surface area (Å²) in [5.74, 6) is -1.02. The van der Waals surface area contributed by atoms with Gasteiger partial charge in [0.25, 0.3) is 0 Å². The van der Waals surface area contributed by atoms with Crippen molar-refractivity contribution in [2.24, 2.45) is 5.92 Å². The van der Waals surface area contributed by atoms with Gasteiger partial charge < -0.3 is 44.2 Å². The van der Waals surface area contributed by atoms with Gasteiger partial charge in [0.1, 0.15) is 53.5 Å². The van der Waals surface area contributed by atoms with Gasteiger partial charge in [-0.2, -0.15) is 0 Å². The smallest absolute Gasteiger partial charge is 0.333 e. The zero-order valence-electron chi connectivity index (χ0n) is 20.8. The molecule has 0 spiro atoms. The number of hydrogen-bond acceptors (Lipinski definition) is 11. The van der Waals surface area contributed by atoms with Crippen LogP contribution >= 0.6 is 0 Å². The van der Waals surface area contributed by atoms with E-state index in [1.165, 1.54) is 12.3 Å². The maximum atomic E-state index is 12.5. The van der Waals surface area contributed by atoms with E-state index >= 15 is 0 Å². The van der Waals surface area contributed by atoms with Gasteiger partial charge in [0.15, 0.2) is 5.43 Å². The molecule has 11 nitrogen and oxygen atoms in total. The number of fused-ring (bicyclic) bond motifs is 1. The topological polar surface area (TPSA) is 176 Å². The molecule has 1 aliphatic carbocycles. The number of aryl methyl sites for hydroxylation is 1. The van der Waals surface area contributed by atoms with Crippen molar-refractivity contribution >= 4 is 16.9 Å². The van der Waals surface area contributed by atoms with Gasteiger partial charge in [0.2, 0.25) is 6.29 Å².